The fourth-order valence-corrected chi connectivity index (χ4v) is 2.67. The number of primary amides is 1. The highest BCUT2D eigenvalue weighted by molar-refractivity contribution is 5.81. The summed E-state index contributed by atoms with van der Waals surface area (Å²) in [6, 6.07) is 3.72. The Bertz CT molecular complexity index is 416. The number of rotatable bonds is 4. The van der Waals surface area contributed by atoms with E-state index in [1.807, 2.05) is 26.0 Å². The molecule has 0 saturated carbocycles. The van der Waals surface area contributed by atoms with Crippen molar-refractivity contribution < 1.29 is 9.21 Å². The SMILES string of the molecule is CC(N)C(c1ccco1)N1CCC(C)(C(N)=O)C1. The van der Waals surface area contributed by atoms with Gasteiger partial charge in [0.15, 0.2) is 0 Å². The molecule has 0 bridgehead atoms. The van der Waals surface area contributed by atoms with Crippen LogP contribution in [0.3, 0.4) is 0 Å². The smallest absolute Gasteiger partial charge is 0.224 e. The minimum absolute atomic E-state index is 0.00109. The number of likely N-dealkylation sites (tertiary alicyclic amines) is 1. The quantitative estimate of drug-likeness (QED) is 0.831. The second kappa shape index (κ2) is 4.74. The van der Waals surface area contributed by atoms with Crippen molar-refractivity contribution in [3.05, 3.63) is 24.2 Å². The molecule has 1 aliphatic rings. The van der Waals surface area contributed by atoms with Crippen LogP contribution in [0.25, 0.3) is 0 Å². The first-order chi connectivity index (χ1) is 8.44. The Hall–Kier alpha value is -1.33. The summed E-state index contributed by atoms with van der Waals surface area (Å²) in [5, 5.41) is 0. The summed E-state index contributed by atoms with van der Waals surface area (Å²) in [7, 11) is 0. The van der Waals surface area contributed by atoms with E-state index in [0.29, 0.717) is 6.54 Å². The van der Waals surface area contributed by atoms with Gasteiger partial charge in [-0.1, -0.05) is 0 Å². The molecule has 100 valence electrons. The van der Waals surface area contributed by atoms with E-state index in [1.165, 1.54) is 0 Å². The number of furan rings is 1. The normalized spacial score (nSPS) is 28.2. The Balaban J connectivity index is 2.18. The summed E-state index contributed by atoms with van der Waals surface area (Å²) in [6.45, 7) is 5.31. The van der Waals surface area contributed by atoms with E-state index in [1.54, 1.807) is 6.26 Å². The predicted molar refractivity (Wildman–Crippen MR) is 68.6 cm³/mol. The average molecular weight is 251 g/mol. The Morgan fingerprint density at radius 2 is 2.33 bits per heavy atom. The molecule has 3 unspecified atom stereocenters. The van der Waals surface area contributed by atoms with Gasteiger partial charge < -0.3 is 15.9 Å². The van der Waals surface area contributed by atoms with E-state index in [2.05, 4.69) is 4.90 Å². The van der Waals surface area contributed by atoms with Crippen molar-refractivity contribution in [2.45, 2.75) is 32.4 Å². The minimum Gasteiger partial charge on any atom is -0.468 e. The van der Waals surface area contributed by atoms with Gasteiger partial charge in [0.1, 0.15) is 5.76 Å². The van der Waals surface area contributed by atoms with Gasteiger partial charge >= 0.3 is 0 Å². The van der Waals surface area contributed by atoms with Gasteiger partial charge in [-0.25, -0.2) is 0 Å². The van der Waals surface area contributed by atoms with Crippen molar-refractivity contribution in [1.29, 1.82) is 0 Å². The highest BCUT2D eigenvalue weighted by Crippen LogP contribution is 2.36. The molecule has 0 spiro atoms. The van der Waals surface area contributed by atoms with Crippen LogP contribution in [0.15, 0.2) is 22.8 Å². The molecule has 2 heterocycles. The third kappa shape index (κ3) is 2.28. The molecule has 0 radical (unpaired) electrons. The summed E-state index contributed by atoms with van der Waals surface area (Å²) >= 11 is 0. The molecule has 3 atom stereocenters. The molecule has 0 aromatic carbocycles. The topological polar surface area (TPSA) is 85.5 Å². The molecule has 5 nitrogen and oxygen atoms in total. The van der Waals surface area contributed by atoms with Gasteiger partial charge in [0.05, 0.1) is 17.7 Å². The van der Waals surface area contributed by atoms with Crippen LogP contribution < -0.4 is 11.5 Å². The number of carbonyl (C=O) groups is 1. The molecule has 1 amide bonds. The fraction of sp³-hybridized carbons (Fsp3) is 0.615. The number of amides is 1. The predicted octanol–water partition coefficient (Wildman–Crippen LogP) is 0.865. The summed E-state index contributed by atoms with van der Waals surface area (Å²) < 4.78 is 5.46. The monoisotopic (exact) mass is 251 g/mol. The maximum Gasteiger partial charge on any atom is 0.224 e. The summed E-state index contributed by atoms with van der Waals surface area (Å²) in [4.78, 5) is 13.7. The standard InChI is InChI=1S/C13H21N3O2/c1-9(14)11(10-4-3-7-18-10)16-6-5-13(2,8-16)12(15)17/h3-4,7,9,11H,5-6,8,14H2,1-2H3,(H2,15,17). The summed E-state index contributed by atoms with van der Waals surface area (Å²) in [5.74, 6) is 0.603. The Labute approximate surface area is 107 Å². The van der Waals surface area contributed by atoms with Crippen LogP contribution in [0.2, 0.25) is 0 Å². The second-order valence-electron chi connectivity index (χ2n) is 5.46. The molecule has 2 rings (SSSR count). The first-order valence-corrected chi connectivity index (χ1v) is 6.27. The molecule has 1 fully saturated rings. The number of nitrogens with two attached hydrogens (primary N) is 2. The van der Waals surface area contributed by atoms with Gasteiger partial charge in [-0.3, -0.25) is 9.69 Å². The van der Waals surface area contributed by atoms with Gasteiger partial charge in [-0.05, 0) is 32.4 Å². The number of carbonyl (C=O) groups excluding carboxylic acids is 1. The highest BCUT2D eigenvalue weighted by atomic mass is 16.3. The maximum atomic E-state index is 11.5. The molecule has 1 aromatic heterocycles. The van der Waals surface area contributed by atoms with Crippen molar-refractivity contribution in [2.24, 2.45) is 16.9 Å². The van der Waals surface area contributed by atoms with Crippen molar-refractivity contribution in [3.63, 3.8) is 0 Å². The lowest BCUT2D eigenvalue weighted by molar-refractivity contribution is -0.126. The van der Waals surface area contributed by atoms with Crippen molar-refractivity contribution in [3.8, 4) is 0 Å². The average Bonchev–Trinajstić information content (AvgIpc) is 2.89. The van der Waals surface area contributed by atoms with Crippen LogP contribution in [-0.4, -0.2) is 29.9 Å². The lowest BCUT2D eigenvalue weighted by Gasteiger charge is -2.30. The van der Waals surface area contributed by atoms with Crippen LogP contribution in [0.1, 0.15) is 32.1 Å². The molecule has 1 aromatic rings. The number of hydrogen-bond acceptors (Lipinski definition) is 4. The van der Waals surface area contributed by atoms with E-state index >= 15 is 0 Å². The third-order valence-electron chi connectivity index (χ3n) is 3.82. The second-order valence-corrected chi connectivity index (χ2v) is 5.46. The molecule has 18 heavy (non-hydrogen) atoms. The van der Waals surface area contributed by atoms with Gasteiger partial charge in [0.2, 0.25) is 5.91 Å². The van der Waals surface area contributed by atoms with E-state index < -0.39 is 5.41 Å². The molecule has 0 aliphatic carbocycles. The van der Waals surface area contributed by atoms with Crippen LogP contribution in [0.5, 0.6) is 0 Å². The van der Waals surface area contributed by atoms with Gasteiger partial charge in [-0.15, -0.1) is 0 Å². The molecule has 1 aliphatic heterocycles. The lowest BCUT2D eigenvalue weighted by atomic mass is 9.89. The van der Waals surface area contributed by atoms with E-state index in [9.17, 15) is 4.79 Å². The largest absolute Gasteiger partial charge is 0.468 e. The first kappa shape index (κ1) is 13.1. The van der Waals surface area contributed by atoms with Crippen LogP contribution >= 0.6 is 0 Å². The van der Waals surface area contributed by atoms with E-state index in [0.717, 1.165) is 18.7 Å². The zero-order valence-corrected chi connectivity index (χ0v) is 10.9. The van der Waals surface area contributed by atoms with Crippen LogP contribution in [-0.2, 0) is 4.79 Å². The van der Waals surface area contributed by atoms with Crippen molar-refractivity contribution >= 4 is 5.91 Å². The minimum atomic E-state index is -0.459. The highest BCUT2D eigenvalue weighted by Gasteiger charge is 2.42. The Morgan fingerprint density at radius 3 is 2.78 bits per heavy atom. The van der Waals surface area contributed by atoms with Crippen molar-refractivity contribution in [1.82, 2.24) is 4.90 Å². The van der Waals surface area contributed by atoms with Crippen molar-refractivity contribution in [2.75, 3.05) is 13.1 Å². The molecule has 4 N–H and O–H groups in total. The maximum absolute atomic E-state index is 11.5. The van der Waals surface area contributed by atoms with E-state index in [4.69, 9.17) is 15.9 Å². The lowest BCUT2D eigenvalue weighted by Crippen LogP contribution is -2.42. The zero-order valence-electron chi connectivity index (χ0n) is 10.9. The number of hydrogen-bond donors (Lipinski definition) is 2. The van der Waals surface area contributed by atoms with E-state index in [-0.39, 0.29) is 18.0 Å². The third-order valence-corrected chi connectivity index (χ3v) is 3.82. The van der Waals surface area contributed by atoms with Gasteiger partial charge in [-0.2, -0.15) is 0 Å². The molecular weight excluding hydrogens is 230 g/mol. The number of nitrogens with zero attached hydrogens (tertiary/aromatic N) is 1. The van der Waals surface area contributed by atoms with Gasteiger partial charge in [0, 0.05) is 19.1 Å². The van der Waals surface area contributed by atoms with Crippen LogP contribution in [0, 0.1) is 5.41 Å². The Kier molecular flexibility index (Phi) is 3.45. The molecular formula is C13H21N3O2. The Morgan fingerprint density at radius 1 is 1.61 bits per heavy atom. The fourth-order valence-electron chi connectivity index (χ4n) is 2.67. The van der Waals surface area contributed by atoms with Crippen LogP contribution in [0.4, 0.5) is 0 Å². The summed E-state index contributed by atoms with van der Waals surface area (Å²) in [5.41, 5.74) is 11.1. The molecule has 5 heteroatoms. The van der Waals surface area contributed by atoms with Gasteiger partial charge in [0.25, 0.3) is 0 Å². The first-order valence-electron chi connectivity index (χ1n) is 6.27. The molecule has 1 saturated heterocycles. The zero-order chi connectivity index (χ0) is 13.3. The summed E-state index contributed by atoms with van der Waals surface area (Å²) in [6.07, 6.45) is 2.42.